The number of furan rings is 1. The van der Waals surface area contributed by atoms with E-state index in [-0.39, 0.29) is 26.1 Å². The molecule has 1 aromatic heterocycles. The largest absolute Gasteiger partial charge is 0.472 e. The van der Waals surface area contributed by atoms with Crippen LogP contribution in [0.2, 0.25) is 0 Å². The highest BCUT2D eigenvalue weighted by Crippen LogP contribution is 2.43. The highest BCUT2D eigenvalue weighted by Gasteiger charge is 2.27. The van der Waals surface area contributed by atoms with Gasteiger partial charge in [0, 0.05) is 25.7 Å². The number of hydrogen-bond acceptors (Lipinski definition) is 9. The summed E-state index contributed by atoms with van der Waals surface area (Å²) in [6.07, 6.45) is 29.0. The predicted molar refractivity (Wildman–Crippen MR) is 234 cm³/mol. The summed E-state index contributed by atoms with van der Waals surface area (Å²) in [6, 6.07) is 0. The number of esters is 2. The molecule has 0 saturated heterocycles. The SMILES string of the molecule is CC/C=C/C/C=C/C=C/C(O)CCCCCCCC(=O)O[C@H](COC(=O)CCCCCCCCc1oc(CCCCC)c(C)c1C)COP(=O)(O)OCC[N+](C)(C)C. The normalized spacial score (nSPS) is 14.4. The Labute approximate surface area is 351 Å². The number of phosphoric ester groups is 1. The number of allylic oxidation sites excluding steroid dienone is 5. The van der Waals surface area contributed by atoms with Crippen LogP contribution in [0.3, 0.4) is 0 Å². The van der Waals surface area contributed by atoms with Crippen molar-refractivity contribution in [2.45, 2.75) is 175 Å². The van der Waals surface area contributed by atoms with Crippen molar-refractivity contribution in [3.63, 3.8) is 0 Å². The molecule has 12 heteroatoms. The van der Waals surface area contributed by atoms with E-state index >= 15 is 0 Å². The number of quaternary nitrogens is 1. The van der Waals surface area contributed by atoms with Crippen LogP contribution in [0.1, 0.15) is 158 Å². The Hall–Kier alpha value is -2.53. The van der Waals surface area contributed by atoms with Crippen molar-refractivity contribution in [1.29, 1.82) is 0 Å². The zero-order valence-electron chi connectivity index (χ0n) is 37.4. The van der Waals surface area contributed by atoms with Gasteiger partial charge in [-0.2, -0.15) is 0 Å². The zero-order chi connectivity index (χ0) is 43.1. The maximum absolute atomic E-state index is 12.7. The van der Waals surface area contributed by atoms with Crippen LogP contribution in [0.4, 0.5) is 0 Å². The van der Waals surface area contributed by atoms with Crippen molar-refractivity contribution in [3.8, 4) is 0 Å². The van der Waals surface area contributed by atoms with Gasteiger partial charge in [0.25, 0.3) is 0 Å². The minimum atomic E-state index is -4.42. The van der Waals surface area contributed by atoms with E-state index in [2.05, 4.69) is 45.9 Å². The zero-order valence-corrected chi connectivity index (χ0v) is 38.2. The summed E-state index contributed by atoms with van der Waals surface area (Å²) in [7, 11) is 1.38. The fraction of sp³-hybridized carbons (Fsp3) is 0.739. The van der Waals surface area contributed by atoms with Gasteiger partial charge in [-0.3, -0.25) is 18.6 Å². The van der Waals surface area contributed by atoms with Crippen molar-refractivity contribution < 1.29 is 51.6 Å². The molecule has 0 radical (unpaired) electrons. The topological polar surface area (TPSA) is 142 Å². The van der Waals surface area contributed by atoms with Crippen molar-refractivity contribution >= 4 is 19.8 Å². The lowest BCUT2D eigenvalue weighted by molar-refractivity contribution is -0.870. The van der Waals surface area contributed by atoms with Crippen LogP contribution in [0.25, 0.3) is 0 Å². The summed E-state index contributed by atoms with van der Waals surface area (Å²) in [5, 5.41) is 10.2. The molecule has 334 valence electrons. The van der Waals surface area contributed by atoms with E-state index in [4.69, 9.17) is 22.9 Å². The third kappa shape index (κ3) is 28.8. The molecule has 0 bridgehead atoms. The molecule has 3 atom stereocenters. The molecule has 0 amide bonds. The molecule has 0 aliphatic rings. The Morgan fingerprint density at radius 1 is 0.741 bits per heavy atom. The van der Waals surface area contributed by atoms with E-state index in [1.807, 2.05) is 33.3 Å². The molecule has 0 aliphatic carbocycles. The molecule has 2 unspecified atom stereocenters. The number of carbonyl (C=O) groups excluding carboxylic acids is 2. The first-order valence-corrected chi connectivity index (χ1v) is 23.7. The monoisotopic (exact) mass is 839 g/mol. The van der Waals surface area contributed by atoms with Crippen LogP contribution in [0.15, 0.2) is 40.9 Å². The molecule has 0 aromatic carbocycles. The molecule has 0 fully saturated rings. The Morgan fingerprint density at radius 2 is 1.33 bits per heavy atom. The van der Waals surface area contributed by atoms with Crippen LogP contribution < -0.4 is 0 Å². The number of aliphatic hydroxyl groups excluding tert-OH is 1. The van der Waals surface area contributed by atoms with Crippen molar-refractivity contribution in [1.82, 2.24) is 0 Å². The molecular formula is C46H81NO10P+. The quantitative estimate of drug-likeness (QED) is 0.0167. The summed E-state index contributed by atoms with van der Waals surface area (Å²) < 4.78 is 40.5. The maximum Gasteiger partial charge on any atom is 0.472 e. The molecule has 2 N–H and O–H groups in total. The molecule has 0 aliphatic heterocycles. The van der Waals surface area contributed by atoms with Gasteiger partial charge >= 0.3 is 19.8 Å². The van der Waals surface area contributed by atoms with E-state index in [0.29, 0.717) is 30.3 Å². The standard InChI is InChI=1S/C46H80NO10P/c1-8-10-12-13-14-18-24-29-41(48)30-25-19-17-22-28-34-46(50)56-42(38-55-58(51,52)54-36-35-47(5,6)7)37-53-45(49)33-27-21-16-15-20-26-32-44-40(4)39(3)43(57-44)31-23-11-9-2/h10,12,14,18,24,29,41-42,48H,8-9,11,13,15-17,19-23,25-28,30-38H2,1-7H3/p+1/b12-10+,18-14+,29-24+/t41?,42-/m1/s1. The van der Waals surface area contributed by atoms with E-state index in [9.17, 15) is 24.2 Å². The second-order valence-electron chi connectivity index (χ2n) is 16.5. The Bertz CT molecular complexity index is 1380. The number of likely N-dealkylation sites (N-methyl/N-ethyl adjacent to an activating group) is 1. The summed E-state index contributed by atoms with van der Waals surface area (Å²) >= 11 is 0. The summed E-state index contributed by atoms with van der Waals surface area (Å²) in [5.41, 5.74) is 2.60. The van der Waals surface area contributed by atoms with Gasteiger partial charge < -0.3 is 28.4 Å². The van der Waals surface area contributed by atoms with Crippen LogP contribution in [-0.2, 0) is 45.5 Å². The van der Waals surface area contributed by atoms with Gasteiger partial charge in [0.05, 0.1) is 33.9 Å². The van der Waals surface area contributed by atoms with E-state index in [1.54, 1.807) is 6.08 Å². The second kappa shape index (κ2) is 32.3. The maximum atomic E-state index is 12.7. The van der Waals surface area contributed by atoms with E-state index in [1.165, 1.54) is 30.4 Å². The van der Waals surface area contributed by atoms with Gasteiger partial charge in [-0.25, -0.2) is 4.57 Å². The number of hydrogen-bond donors (Lipinski definition) is 2. The number of unbranched alkanes of at least 4 members (excludes halogenated alkanes) is 11. The number of carbonyl (C=O) groups is 2. The van der Waals surface area contributed by atoms with Crippen LogP contribution in [0, 0.1) is 13.8 Å². The number of aliphatic hydroxyl groups is 1. The Morgan fingerprint density at radius 3 is 1.95 bits per heavy atom. The minimum Gasteiger partial charge on any atom is -0.466 e. The fourth-order valence-corrected chi connectivity index (χ4v) is 6.94. The number of nitrogens with zero attached hydrogens (tertiary/aromatic N) is 1. The first-order chi connectivity index (χ1) is 27.7. The summed E-state index contributed by atoms with van der Waals surface area (Å²) in [5.74, 6) is 1.36. The Balaban J connectivity index is 2.42. The number of aryl methyl sites for hydroxylation is 2. The third-order valence-corrected chi connectivity index (χ3v) is 11.0. The fourth-order valence-electron chi connectivity index (χ4n) is 6.20. The highest BCUT2D eigenvalue weighted by atomic mass is 31.2. The molecule has 1 heterocycles. The minimum absolute atomic E-state index is 0.00427. The van der Waals surface area contributed by atoms with Gasteiger partial charge in [-0.1, -0.05) is 115 Å². The molecular weight excluding hydrogens is 757 g/mol. The predicted octanol–water partition coefficient (Wildman–Crippen LogP) is 10.8. The molecule has 1 rings (SSSR count). The molecule has 0 saturated carbocycles. The first-order valence-electron chi connectivity index (χ1n) is 22.2. The average molecular weight is 839 g/mol. The average Bonchev–Trinajstić information content (AvgIpc) is 3.43. The van der Waals surface area contributed by atoms with Gasteiger partial charge in [-0.05, 0) is 69.9 Å². The lowest BCUT2D eigenvalue weighted by Crippen LogP contribution is -2.37. The molecule has 1 aromatic rings. The van der Waals surface area contributed by atoms with Crippen LogP contribution in [0.5, 0.6) is 0 Å². The lowest BCUT2D eigenvalue weighted by Gasteiger charge is -2.24. The van der Waals surface area contributed by atoms with Crippen molar-refractivity contribution in [2.24, 2.45) is 0 Å². The molecule has 0 spiro atoms. The van der Waals surface area contributed by atoms with E-state index < -0.39 is 38.6 Å². The van der Waals surface area contributed by atoms with E-state index in [0.717, 1.165) is 95.0 Å². The molecule has 11 nitrogen and oxygen atoms in total. The number of rotatable bonds is 36. The summed E-state index contributed by atoms with van der Waals surface area (Å²) in [6.45, 7) is 8.41. The number of ether oxygens (including phenoxy) is 2. The van der Waals surface area contributed by atoms with Gasteiger partial charge in [0.2, 0.25) is 0 Å². The first kappa shape index (κ1) is 53.5. The van der Waals surface area contributed by atoms with Crippen LogP contribution >= 0.6 is 7.82 Å². The highest BCUT2D eigenvalue weighted by molar-refractivity contribution is 7.47. The van der Waals surface area contributed by atoms with Crippen LogP contribution in [-0.4, -0.2) is 86.1 Å². The third-order valence-electron chi connectivity index (χ3n) is 9.99. The lowest BCUT2D eigenvalue weighted by atomic mass is 10.0. The number of phosphoric acid groups is 1. The smallest absolute Gasteiger partial charge is 0.466 e. The second-order valence-corrected chi connectivity index (χ2v) is 17.9. The van der Waals surface area contributed by atoms with Crippen molar-refractivity contribution in [2.75, 3.05) is 47.5 Å². The molecule has 58 heavy (non-hydrogen) atoms. The Kier molecular flexibility index (Phi) is 29.8. The van der Waals surface area contributed by atoms with Crippen molar-refractivity contribution in [3.05, 3.63) is 59.1 Å². The summed E-state index contributed by atoms with van der Waals surface area (Å²) in [4.78, 5) is 35.5. The van der Waals surface area contributed by atoms with Gasteiger partial charge in [0.1, 0.15) is 31.3 Å². The van der Waals surface area contributed by atoms with Gasteiger partial charge in [-0.15, -0.1) is 0 Å². The van der Waals surface area contributed by atoms with Gasteiger partial charge in [0.15, 0.2) is 6.10 Å².